The lowest BCUT2D eigenvalue weighted by Crippen LogP contribution is -2.29. The van der Waals surface area contributed by atoms with Gasteiger partial charge in [-0.1, -0.05) is 42.1 Å². The van der Waals surface area contributed by atoms with Gasteiger partial charge in [0.1, 0.15) is 17.4 Å². The summed E-state index contributed by atoms with van der Waals surface area (Å²) in [6.45, 7) is 0. The van der Waals surface area contributed by atoms with Gasteiger partial charge in [-0.05, 0) is 5.56 Å². The number of benzene rings is 1. The van der Waals surface area contributed by atoms with E-state index in [-0.39, 0.29) is 5.23 Å². The highest BCUT2D eigenvalue weighted by Gasteiger charge is 2.51. The van der Waals surface area contributed by atoms with Gasteiger partial charge in [-0.2, -0.15) is 10.5 Å². The Labute approximate surface area is 97.0 Å². The second-order valence-electron chi connectivity index (χ2n) is 3.26. The molecule has 1 unspecified atom stereocenters. The quantitative estimate of drug-likeness (QED) is 0.800. The Balaban J connectivity index is 2.46. The summed E-state index contributed by atoms with van der Waals surface area (Å²) in [6, 6.07) is 12.9. The highest BCUT2D eigenvalue weighted by molar-refractivity contribution is 8.14. The number of thioether (sulfide) groups is 1. The summed E-state index contributed by atoms with van der Waals surface area (Å²) >= 11 is 1.09. The normalized spacial score (nSPS) is 21.9. The minimum absolute atomic E-state index is 0.0862. The van der Waals surface area contributed by atoms with Gasteiger partial charge in [-0.25, -0.2) is 0 Å². The van der Waals surface area contributed by atoms with Crippen LogP contribution in [0.2, 0.25) is 0 Å². The minimum atomic E-state index is -1.58. The molecule has 78 valence electrons. The Bertz CT molecular complexity index is 486. The third-order valence-electron chi connectivity index (χ3n) is 2.28. The number of nitriles is 2. The average Bonchev–Trinajstić information content (AvgIpc) is 2.68. The smallest absolute Gasteiger partial charge is 0.298 e. The van der Waals surface area contributed by atoms with Crippen molar-refractivity contribution in [2.75, 3.05) is 0 Å². The van der Waals surface area contributed by atoms with Gasteiger partial charge in [0.05, 0.1) is 0 Å². The van der Waals surface area contributed by atoms with E-state index in [1.54, 1.807) is 0 Å². The topological polar surface area (TPSA) is 80.7 Å². The summed E-state index contributed by atoms with van der Waals surface area (Å²) in [6.07, 6.45) is 0. The molecule has 16 heavy (non-hydrogen) atoms. The third-order valence-corrected chi connectivity index (χ3v) is 3.42. The number of nitrogens with one attached hydrogen (secondary N) is 1. The third kappa shape index (κ3) is 1.52. The highest BCUT2D eigenvalue weighted by atomic mass is 32.2. The highest BCUT2D eigenvalue weighted by Crippen LogP contribution is 2.47. The molecular formula is C11H7N3OS. The molecule has 1 aromatic carbocycles. The van der Waals surface area contributed by atoms with Crippen LogP contribution in [-0.2, 0) is 4.74 Å². The zero-order chi connectivity index (χ0) is 11.6. The molecule has 1 aliphatic heterocycles. The molecule has 0 spiro atoms. The first-order valence-electron chi connectivity index (χ1n) is 4.53. The summed E-state index contributed by atoms with van der Waals surface area (Å²) in [4.78, 5) is 0. The lowest BCUT2D eigenvalue weighted by Gasteiger charge is -2.17. The van der Waals surface area contributed by atoms with Crippen LogP contribution in [0.3, 0.4) is 0 Å². The van der Waals surface area contributed by atoms with Crippen molar-refractivity contribution in [1.29, 1.82) is 15.9 Å². The van der Waals surface area contributed by atoms with Crippen molar-refractivity contribution < 1.29 is 4.74 Å². The van der Waals surface area contributed by atoms with Gasteiger partial charge in [-0.3, -0.25) is 5.41 Å². The number of hydrogen-bond donors (Lipinski definition) is 1. The van der Waals surface area contributed by atoms with Gasteiger partial charge in [0.15, 0.2) is 0 Å². The standard InChI is InChI=1S/C11H7N3OS/c12-6-11(7-13)9(16-10(14)15-11)8-4-2-1-3-5-8/h1-5,9,14H. The predicted molar refractivity (Wildman–Crippen MR) is 59.5 cm³/mol. The maximum absolute atomic E-state index is 9.06. The van der Waals surface area contributed by atoms with Crippen LogP contribution >= 0.6 is 11.8 Å². The van der Waals surface area contributed by atoms with Crippen LogP contribution in [0, 0.1) is 28.1 Å². The number of rotatable bonds is 1. The van der Waals surface area contributed by atoms with Crippen molar-refractivity contribution in [2.24, 2.45) is 0 Å². The largest absolute Gasteiger partial charge is 0.436 e. The van der Waals surface area contributed by atoms with Gasteiger partial charge in [0.2, 0.25) is 5.23 Å². The van der Waals surface area contributed by atoms with Crippen molar-refractivity contribution >= 4 is 17.0 Å². The van der Waals surface area contributed by atoms with Gasteiger partial charge in [0, 0.05) is 0 Å². The molecule has 0 saturated carbocycles. The van der Waals surface area contributed by atoms with Crippen LogP contribution in [0.25, 0.3) is 0 Å². The minimum Gasteiger partial charge on any atom is -0.436 e. The first-order valence-corrected chi connectivity index (χ1v) is 5.41. The molecule has 0 radical (unpaired) electrons. The van der Waals surface area contributed by atoms with Crippen LogP contribution in [-0.4, -0.2) is 10.8 Å². The van der Waals surface area contributed by atoms with Crippen LogP contribution in [0.4, 0.5) is 0 Å². The molecule has 1 fully saturated rings. The summed E-state index contributed by atoms with van der Waals surface area (Å²) < 4.78 is 5.04. The fourth-order valence-electron chi connectivity index (χ4n) is 1.53. The predicted octanol–water partition coefficient (Wildman–Crippen LogP) is 2.21. The molecular weight excluding hydrogens is 222 g/mol. The maximum atomic E-state index is 9.06. The Kier molecular flexibility index (Phi) is 2.55. The first-order chi connectivity index (χ1) is 7.72. The lowest BCUT2D eigenvalue weighted by atomic mass is 9.96. The molecule has 5 heteroatoms. The Morgan fingerprint density at radius 1 is 1.25 bits per heavy atom. The molecule has 0 bridgehead atoms. The Morgan fingerprint density at radius 3 is 2.44 bits per heavy atom. The number of nitrogens with zero attached hydrogens (tertiary/aromatic N) is 2. The van der Waals surface area contributed by atoms with E-state index in [0.29, 0.717) is 0 Å². The van der Waals surface area contributed by atoms with E-state index < -0.39 is 10.9 Å². The van der Waals surface area contributed by atoms with E-state index in [1.165, 1.54) is 0 Å². The second kappa shape index (κ2) is 3.88. The van der Waals surface area contributed by atoms with Gasteiger partial charge in [-0.15, -0.1) is 0 Å². The first kappa shape index (κ1) is 10.5. The summed E-state index contributed by atoms with van der Waals surface area (Å²) in [5.74, 6) is 0. The SMILES string of the molecule is N#CC1(C#N)OC(=N)SC1c1ccccc1. The molecule has 1 heterocycles. The van der Waals surface area contributed by atoms with Gasteiger partial charge >= 0.3 is 0 Å². The molecule has 1 saturated heterocycles. The fraction of sp³-hybridized carbons (Fsp3) is 0.182. The molecule has 1 atom stereocenters. The van der Waals surface area contributed by atoms with E-state index in [2.05, 4.69) is 0 Å². The molecule has 1 N–H and O–H groups in total. The van der Waals surface area contributed by atoms with E-state index >= 15 is 0 Å². The van der Waals surface area contributed by atoms with E-state index in [9.17, 15) is 0 Å². The molecule has 0 aromatic heterocycles. The molecule has 4 nitrogen and oxygen atoms in total. The summed E-state index contributed by atoms with van der Waals surface area (Å²) in [5, 5.41) is 25.0. The molecule has 0 amide bonds. The van der Waals surface area contributed by atoms with Crippen LogP contribution < -0.4 is 0 Å². The second-order valence-corrected chi connectivity index (χ2v) is 4.34. The van der Waals surface area contributed by atoms with E-state index in [0.717, 1.165) is 17.3 Å². The molecule has 1 aromatic rings. The monoisotopic (exact) mass is 229 g/mol. The van der Waals surface area contributed by atoms with Crippen molar-refractivity contribution in [1.82, 2.24) is 0 Å². The van der Waals surface area contributed by atoms with Crippen LogP contribution in [0.15, 0.2) is 30.3 Å². The maximum Gasteiger partial charge on any atom is 0.298 e. The van der Waals surface area contributed by atoms with Crippen molar-refractivity contribution in [3.8, 4) is 12.1 Å². The Morgan fingerprint density at radius 2 is 1.88 bits per heavy atom. The summed E-state index contributed by atoms with van der Waals surface area (Å²) in [5.41, 5.74) is -0.763. The zero-order valence-electron chi connectivity index (χ0n) is 8.18. The van der Waals surface area contributed by atoms with Gasteiger partial charge in [0.25, 0.3) is 5.60 Å². The van der Waals surface area contributed by atoms with Crippen LogP contribution in [0.1, 0.15) is 10.8 Å². The van der Waals surface area contributed by atoms with Crippen molar-refractivity contribution in [3.63, 3.8) is 0 Å². The average molecular weight is 229 g/mol. The zero-order valence-corrected chi connectivity index (χ0v) is 8.99. The Hall–Kier alpha value is -1.98. The van der Waals surface area contributed by atoms with Crippen molar-refractivity contribution in [2.45, 2.75) is 10.9 Å². The fourth-order valence-corrected chi connectivity index (χ4v) is 2.54. The summed E-state index contributed by atoms with van der Waals surface area (Å²) in [7, 11) is 0. The molecule has 0 aliphatic carbocycles. The number of hydrogen-bond acceptors (Lipinski definition) is 5. The van der Waals surface area contributed by atoms with E-state index in [1.807, 2.05) is 42.5 Å². The van der Waals surface area contributed by atoms with E-state index in [4.69, 9.17) is 20.7 Å². The van der Waals surface area contributed by atoms with Crippen LogP contribution in [0.5, 0.6) is 0 Å². The van der Waals surface area contributed by atoms with Gasteiger partial charge < -0.3 is 4.74 Å². The number of ether oxygens (including phenoxy) is 1. The molecule has 1 aliphatic rings. The van der Waals surface area contributed by atoms with Crippen molar-refractivity contribution in [3.05, 3.63) is 35.9 Å². The molecule has 2 rings (SSSR count). The lowest BCUT2D eigenvalue weighted by molar-refractivity contribution is 0.187.